The highest BCUT2D eigenvalue weighted by Gasteiger charge is 2.09. The van der Waals surface area contributed by atoms with Crippen LogP contribution >= 0.6 is 11.8 Å². The van der Waals surface area contributed by atoms with Gasteiger partial charge >= 0.3 is 0 Å². The molecule has 6 nitrogen and oxygen atoms in total. The monoisotopic (exact) mass is 380 g/mol. The summed E-state index contributed by atoms with van der Waals surface area (Å²) in [7, 11) is 0. The molecule has 0 bridgehead atoms. The van der Waals surface area contributed by atoms with E-state index >= 15 is 0 Å². The number of nitrogens with one attached hydrogen (secondary N) is 2. The lowest BCUT2D eigenvalue weighted by molar-refractivity contribution is 0.0377. The number of rotatable bonds is 12. The molecule has 7 heteroatoms. The van der Waals surface area contributed by atoms with E-state index in [0.717, 1.165) is 88.5 Å². The van der Waals surface area contributed by atoms with Gasteiger partial charge in [0.05, 0.1) is 19.5 Å². The number of thioether (sulfide) groups is 1. The van der Waals surface area contributed by atoms with Crippen LogP contribution in [0.2, 0.25) is 0 Å². The molecule has 1 saturated heterocycles. The number of furan rings is 1. The summed E-state index contributed by atoms with van der Waals surface area (Å²) in [5.74, 6) is 3.90. The van der Waals surface area contributed by atoms with Crippen LogP contribution in [0.3, 0.4) is 0 Å². The lowest BCUT2D eigenvalue weighted by Gasteiger charge is -2.26. The topological polar surface area (TPSA) is 62.0 Å². The summed E-state index contributed by atoms with van der Waals surface area (Å²) in [4.78, 5) is 7.17. The van der Waals surface area contributed by atoms with E-state index in [4.69, 9.17) is 14.1 Å². The molecule has 1 aromatic heterocycles. The maximum absolute atomic E-state index is 5.39. The van der Waals surface area contributed by atoms with Crippen LogP contribution in [0.25, 0.3) is 0 Å². The molecule has 0 spiro atoms. The van der Waals surface area contributed by atoms with Crippen LogP contribution in [0, 0.1) is 0 Å². The first-order valence-corrected chi connectivity index (χ1v) is 10.6. The van der Waals surface area contributed by atoms with Gasteiger partial charge in [0, 0.05) is 57.2 Å². The summed E-state index contributed by atoms with van der Waals surface area (Å²) in [6.07, 6.45) is 5.57. The zero-order chi connectivity index (χ0) is 18.3. The third-order valence-electron chi connectivity index (χ3n) is 4.02. The molecule has 0 radical (unpaired) electrons. The quantitative estimate of drug-likeness (QED) is 0.250. The number of ether oxygens (including phenoxy) is 1. The van der Waals surface area contributed by atoms with Gasteiger partial charge in [-0.15, -0.1) is 6.58 Å². The van der Waals surface area contributed by atoms with Crippen LogP contribution in [0.1, 0.15) is 12.2 Å². The predicted octanol–water partition coefficient (Wildman–Crippen LogP) is 2.00. The zero-order valence-corrected chi connectivity index (χ0v) is 16.4. The molecule has 0 aromatic carbocycles. The van der Waals surface area contributed by atoms with E-state index in [2.05, 4.69) is 22.1 Å². The molecule has 0 aliphatic carbocycles. The van der Waals surface area contributed by atoms with Gasteiger partial charge in [0.25, 0.3) is 0 Å². The molecule has 0 atom stereocenters. The third kappa shape index (κ3) is 9.31. The fraction of sp³-hybridized carbons (Fsp3) is 0.632. The fourth-order valence-electron chi connectivity index (χ4n) is 2.65. The van der Waals surface area contributed by atoms with E-state index in [1.807, 2.05) is 30.0 Å². The second kappa shape index (κ2) is 13.7. The van der Waals surface area contributed by atoms with Crippen LogP contribution in [0.5, 0.6) is 0 Å². The van der Waals surface area contributed by atoms with Gasteiger partial charge in [0.2, 0.25) is 0 Å². The highest BCUT2D eigenvalue weighted by Crippen LogP contribution is 2.00. The van der Waals surface area contributed by atoms with Gasteiger partial charge in [-0.1, -0.05) is 6.08 Å². The van der Waals surface area contributed by atoms with Gasteiger partial charge in [-0.05, 0) is 18.6 Å². The molecule has 0 unspecified atom stereocenters. The summed E-state index contributed by atoms with van der Waals surface area (Å²) in [5, 5.41) is 6.82. The first-order chi connectivity index (χ1) is 12.9. The second-order valence-corrected chi connectivity index (χ2v) is 7.23. The SMILES string of the molecule is C=CCSCCNC(=NCCCN1CCOCC1)NCCc1ccco1. The second-order valence-electron chi connectivity index (χ2n) is 6.08. The highest BCUT2D eigenvalue weighted by atomic mass is 32.2. The number of hydrogen-bond acceptors (Lipinski definition) is 5. The van der Waals surface area contributed by atoms with Crippen molar-refractivity contribution in [2.45, 2.75) is 12.8 Å². The van der Waals surface area contributed by atoms with Crippen LogP contribution < -0.4 is 10.6 Å². The van der Waals surface area contributed by atoms with Crippen molar-refractivity contribution in [3.8, 4) is 0 Å². The minimum absolute atomic E-state index is 0.808. The van der Waals surface area contributed by atoms with E-state index in [1.54, 1.807) is 6.26 Å². The summed E-state index contributed by atoms with van der Waals surface area (Å²) >= 11 is 1.87. The molecule has 1 fully saturated rings. The minimum Gasteiger partial charge on any atom is -0.469 e. The van der Waals surface area contributed by atoms with Gasteiger partial charge in [0.1, 0.15) is 5.76 Å². The number of morpholine rings is 1. The average Bonchev–Trinajstić information content (AvgIpc) is 3.19. The smallest absolute Gasteiger partial charge is 0.191 e. The van der Waals surface area contributed by atoms with Crippen molar-refractivity contribution in [3.63, 3.8) is 0 Å². The Balaban J connectivity index is 1.67. The first kappa shape index (κ1) is 20.9. The van der Waals surface area contributed by atoms with Crippen molar-refractivity contribution >= 4 is 17.7 Å². The van der Waals surface area contributed by atoms with Crippen molar-refractivity contribution < 1.29 is 9.15 Å². The van der Waals surface area contributed by atoms with E-state index < -0.39 is 0 Å². The van der Waals surface area contributed by atoms with E-state index in [9.17, 15) is 0 Å². The summed E-state index contributed by atoms with van der Waals surface area (Å²) < 4.78 is 10.8. The molecule has 26 heavy (non-hydrogen) atoms. The molecular weight excluding hydrogens is 348 g/mol. The Bertz CT molecular complexity index is 502. The van der Waals surface area contributed by atoms with Crippen molar-refractivity contribution in [2.75, 3.05) is 64.0 Å². The van der Waals surface area contributed by atoms with E-state index in [-0.39, 0.29) is 0 Å². The van der Waals surface area contributed by atoms with Gasteiger partial charge in [0.15, 0.2) is 5.96 Å². The van der Waals surface area contributed by atoms with Crippen molar-refractivity contribution in [1.29, 1.82) is 0 Å². The third-order valence-corrected chi connectivity index (χ3v) is 4.99. The molecular formula is C19H32N4O2S. The molecule has 0 amide bonds. The Morgan fingerprint density at radius 2 is 2.15 bits per heavy atom. The van der Waals surface area contributed by atoms with Gasteiger partial charge in [-0.25, -0.2) is 0 Å². The highest BCUT2D eigenvalue weighted by molar-refractivity contribution is 7.99. The molecule has 2 rings (SSSR count). The Labute approximate surface area is 161 Å². The number of guanidine groups is 1. The largest absolute Gasteiger partial charge is 0.469 e. The Hall–Kier alpha value is -1.44. The molecule has 1 aliphatic rings. The van der Waals surface area contributed by atoms with Crippen molar-refractivity contribution in [1.82, 2.24) is 15.5 Å². The molecule has 1 aromatic rings. The Kier molecular flexibility index (Phi) is 11.0. The van der Waals surface area contributed by atoms with Crippen molar-refractivity contribution in [3.05, 3.63) is 36.8 Å². The van der Waals surface area contributed by atoms with Gasteiger partial charge in [-0.2, -0.15) is 11.8 Å². The van der Waals surface area contributed by atoms with E-state index in [1.165, 1.54) is 0 Å². The van der Waals surface area contributed by atoms with Crippen LogP contribution in [0.4, 0.5) is 0 Å². The Morgan fingerprint density at radius 3 is 2.92 bits per heavy atom. The first-order valence-electron chi connectivity index (χ1n) is 9.42. The molecule has 2 heterocycles. The maximum Gasteiger partial charge on any atom is 0.191 e. The summed E-state index contributed by atoms with van der Waals surface area (Å²) in [5.41, 5.74) is 0. The molecule has 2 N–H and O–H groups in total. The van der Waals surface area contributed by atoms with Gasteiger partial charge < -0.3 is 19.8 Å². The molecule has 0 saturated carbocycles. The van der Waals surface area contributed by atoms with Crippen molar-refractivity contribution in [2.24, 2.45) is 4.99 Å². The normalized spacial score (nSPS) is 15.8. The fourth-order valence-corrected chi connectivity index (χ4v) is 3.23. The lowest BCUT2D eigenvalue weighted by atomic mass is 10.3. The summed E-state index contributed by atoms with van der Waals surface area (Å²) in [6.45, 7) is 11.2. The zero-order valence-electron chi connectivity index (χ0n) is 15.6. The number of hydrogen-bond donors (Lipinski definition) is 2. The number of nitrogens with zero attached hydrogens (tertiary/aromatic N) is 2. The predicted molar refractivity (Wildman–Crippen MR) is 110 cm³/mol. The van der Waals surface area contributed by atoms with Crippen LogP contribution in [0.15, 0.2) is 40.5 Å². The van der Waals surface area contributed by atoms with E-state index in [0.29, 0.717) is 0 Å². The van der Waals surface area contributed by atoms with Crippen LogP contribution in [-0.2, 0) is 11.2 Å². The number of aliphatic imine (C=N–C) groups is 1. The molecule has 146 valence electrons. The minimum atomic E-state index is 0.808. The summed E-state index contributed by atoms with van der Waals surface area (Å²) in [6, 6.07) is 3.92. The molecule has 1 aliphatic heterocycles. The maximum atomic E-state index is 5.39. The average molecular weight is 381 g/mol. The Morgan fingerprint density at radius 1 is 1.31 bits per heavy atom. The lowest BCUT2D eigenvalue weighted by Crippen LogP contribution is -2.40. The standard InChI is InChI=1S/C19H32N4O2S/c1-2-16-26-17-9-22-19(21-8-6-18-5-3-13-25-18)20-7-4-10-23-11-14-24-15-12-23/h2-3,5,13H,1,4,6-12,14-17H2,(H2,20,21,22). The van der Waals surface area contributed by atoms with Crippen LogP contribution in [-0.4, -0.2) is 74.8 Å². The van der Waals surface area contributed by atoms with Gasteiger partial charge in [-0.3, -0.25) is 9.89 Å².